The van der Waals surface area contributed by atoms with Gasteiger partial charge in [-0.05, 0) is 67.4 Å². The fourth-order valence-electron chi connectivity index (χ4n) is 5.01. The maximum Gasteiger partial charge on any atom is 0.416 e. The Hall–Kier alpha value is -4.73. The third-order valence-electron chi connectivity index (χ3n) is 7.01. The molecule has 2 aromatic carbocycles. The zero-order valence-corrected chi connectivity index (χ0v) is 22.9. The Balaban J connectivity index is 1.59. The van der Waals surface area contributed by atoms with E-state index in [4.69, 9.17) is 4.74 Å². The second-order valence-corrected chi connectivity index (χ2v) is 9.95. The highest BCUT2D eigenvalue weighted by Crippen LogP contribution is 2.39. The molecular formula is C31H29F3N4O3. The van der Waals surface area contributed by atoms with Gasteiger partial charge in [0.25, 0.3) is 0 Å². The number of aromatic nitrogens is 2. The monoisotopic (exact) mass is 562 g/mol. The number of fused-ring (bicyclic) bond motifs is 1. The van der Waals surface area contributed by atoms with Gasteiger partial charge in [-0.25, -0.2) is 9.79 Å². The normalized spacial score (nSPS) is 15.5. The van der Waals surface area contributed by atoms with Gasteiger partial charge in [0.15, 0.2) is 0 Å². The van der Waals surface area contributed by atoms with Crippen LogP contribution in [0.1, 0.15) is 42.1 Å². The van der Waals surface area contributed by atoms with Crippen molar-refractivity contribution in [3.63, 3.8) is 0 Å². The van der Waals surface area contributed by atoms with E-state index in [0.29, 0.717) is 44.6 Å². The molecule has 4 aromatic rings. The van der Waals surface area contributed by atoms with Crippen molar-refractivity contribution in [2.75, 3.05) is 25.6 Å². The molecule has 212 valence electrons. The van der Waals surface area contributed by atoms with Crippen molar-refractivity contribution in [3.05, 3.63) is 105 Å². The number of H-pyrrole nitrogens is 2. The summed E-state index contributed by atoms with van der Waals surface area (Å²) in [4.78, 5) is 25.9. The smallest absolute Gasteiger partial charge is 0.416 e. The number of nitrogens with zero attached hydrogens (tertiary/aromatic N) is 2. The van der Waals surface area contributed by atoms with Crippen LogP contribution < -0.4 is 15.7 Å². The first-order chi connectivity index (χ1) is 19.5. The largest absolute Gasteiger partial charge is 0.505 e. The van der Waals surface area contributed by atoms with E-state index in [2.05, 4.69) is 15.0 Å². The number of alkyl halides is 3. The van der Waals surface area contributed by atoms with Gasteiger partial charge >= 0.3 is 12.1 Å². The van der Waals surface area contributed by atoms with Crippen LogP contribution in [0.5, 0.6) is 5.75 Å². The first-order valence-electron chi connectivity index (χ1n) is 13.0. The van der Waals surface area contributed by atoms with Crippen molar-refractivity contribution in [2.24, 2.45) is 4.99 Å². The molecule has 3 N–H and O–H groups in total. The van der Waals surface area contributed by atoms with Crippen molar-refractivity contribution in [1.82, 2.24) is 9.97 Å². The molecule has 0 saturated heterocycles. The average molecular weight is 563 g/mol. The SMILES string of the molecule is CCOC(=O)C1=C(C)N=c2[nH]c(=Cc3ccc(-c4cccc(C(F)(F)F)c4)[nH]3)c(O)c2C1c1ccc(N(C)C)cc1. The minimum Gasteiger partial charge on any atom is -0.505 e. The minimum absolute atomic E-state index is 0.0880. The van der Waals surface area contributed by atoms with E-state index in [1.165, 1.54) is 6.07 Å². The standard InChI is InChI=1S/C31H29F3N4O3/c1-5-41-30(40)25-17(2)35-29-27(26(25)18-9-12-22(13-10-18)38(3)4)28(39)24(37-29)16-21-11-14-23(36-21)19-7-6-8-20(15-19)31(32,33)34/h6-16,26,36,39H,5H2,1-4H3,(H,35,37). The number of carbonyl (C=O) groups excluding carboxylic acids is 1. The van der Waals surface area contributed by atoms with Gasteiger partial charge in [0.2, 0.25) is 0 Å². The van der Waals surface area contributed by atoms with Crippen LogP contribution in [-0.2, 0) is 15.7 Å². The van der Waals surface area contributed by atoms with Crippen LogP contribution in [-0.4, -0.2) is 41.7 Å². The first-order valence-corrected chi connectivity index (χ1v) is 13.0. The van der Waals surface area contributed by atoms with Crippen molar-refractivity contribution in [2.45, 2.75) is 25.9 Å². The maximum atomic E-state index is 13.2. The number of benzene rings is 2. The highest BCUT2D eigenvalue weighted by Gasteiger charge is 2.35. The maximum absolute atomic E-state index is 13.2. The number of anilines is 1. The summed E-state index contributed by atoms with van der Waals surface area (Å²) in [6, 6.07) is 16.1. The molecule has 0 spiro atoms. The van der Waals surface area contributed by atoms with Crippen molar-refractivity contribution >= 4 is 17.7 Å². The fraction of sp³-hybridized carbons (Fsp3) is 0.226. The third kappa shape index (κ3) is 5.37. The lowest BCUT2D eigenvalue weighted by molar-refractivity contribution is -0.139. The quantitative estimate of drug-likeness (QED) is 0.281. The van der Waals surface area contributed by atoms with Gasteiger partial charge < -0.3 is 24.7 Å². The first kappa shape index (κ1) is 27.8. The number of aromatic hydroxyl groups is 1. The lowest BCUT2D eigenvalue weighted by atomic mass is 9.83. The van der Waals surface area contributed by atoms with E-state index in [-0.39, 0.29) is 12.4 Å². The van der Waals surface area contributed by atoms with Crippen LogP contribution in [0.25, 0.3) is 17.3 Å². The number of allylic oxidation sites excluding steroid dienone is 1. The summed E-state index contributed by atoms with van der Waals surface area (Å²) in [7, 11) is 3.86. The second kappa shape index (κ2) is 10.7. The summed E-state index contributed by atoms with van der Waals surface area (Å²) in [6.45, 7) is 3.64. The van der Waals surface area contributed by atoms with E-state index >= 15 is 0 Å². The number of carbonyl (C=O) groups is 1. The van der Waals surface area contributed by atoms with Crippen LogP contribution in [0.15, 0.2) is 76.9 Å². The number of nitrogens with one attached hydrogen (secondary N) is 2. The molecule has 0 saturated carbocycles. The predicted octanol–water partition coefficient (Wildman–Crippen LogP) is 5.23. The molecule has 1 atom stereocenters. The topological polar surface area (TPSA) is 93.7 Å². The molecule has 5 rings (SSSR count). The van der Waals surface area contributed by atoms with Gasteiger partial charge in [-0.1, -0.05) is 24.3 Å². The van der Waals surface area contributed by atoms with E-state index in [9.17, 15) is 23.1 Å². The molecule has 1 aliphatic heterocycles. The van der Waals surface area contributed by atoms with Crippen LogP contribution in [0.4, 0.5) is 18.9 Å². The molecule has 0 fully saturated rings. The Labute approximate surface area is 234 Å². The van der Waals surface area contributed by atoms with E-state index < -0.39 is 23.6 Å². The summed E-state index contributed by atoms with van der Waals surface area (Å²) in [5.41, 5.74) is 4.09. The van der Waals surface area contributed by atoms with Crippen molar-refractivity contribution in [3.8, 4) is 17.0 Å². The van der Waals surface area contributed by atoms with Gasteiger partial charge in [-0.2, -0.15) is 13.2 Å². The van der Waals surface area contributed by atoms with Crippen LogP contribution in [0, 0.1) is 0 Å². The summed E-state index contributed by atoms with van der Waals surface area (Å²) < 4.78 is 45.0. The van der Waals surface area contributed by atoms with Crippen LogP contribution in [0.3, 0.4) is 0 Å². The molecule has 0 amide bonds. The summed E-state index contributed by atoms with van der Waals surface area (Å²) in [5.74, 6) is -1.24. The second-order valence-electron chi connectivity index (χ2n) is 9.95. The Morgan fingerprint density at radius 2 is 1.83 bits per heavy atom. The number of hydrogen-bond donors (Lipinski definition) is 3. The van der Waals surface area contributed by atoms with Gasteiger partial charge in [-0.3, -0.25) is 0 Å². The van der Waals surface area contributed by atoms with E-state index in [1.807, 2.05) is 43.3 Å². The molecule has 41 heavy (non-hydrogen) atoms. The molecular weight excluding hydrogens is 533 g/mol. The molecule has 2 aromatic heterocycles. The zero-order chi connectivity index (χ0) is 29.5. The number of halogens is 3. The van der Waals surface area contributed by atoms with Gasteiger partial charge in [0.05, 0.1) is 40.3 Å². The summed E-state index contributed by atoms with van der Waals surface area (Å²) in [6.07, 6.45) is -2.81. The molecule has 3 heterocycles. The van der Waals surface area contributed by atoms with E-state index in [0.717, 1.165) is 23.4 Å². The fourth-order valence-corrected chi connectivity index (χ4v) is 5.01. The Morgan fingerprint density at radius 3 is 2.49 bits per heavy atom. The molecule has 7 nitrogen and oxygen atoms in total. The number of aromatic amines is 2. The van der Waals surface area contributed by atoms with Gasteiger partial charge in [0.1, 0.15) is 11.2 Å². The third-order valence-corrected chi connectivity index (χ3v) is 7.01. The average Bonchev–Trinajstić information content (AvgIpc) is 3.52. The van der Waals surface area contributed by atoms with Crippen molar-refractivity contribution in [1.29, 1.82) is 0 Å². The highest BCUT2D eigenvalue weighted by atomic mass is 19.4. The molecule has 1 unspecified atom stereocenters. The van der Waals surface area contributed by atoms with Crippen LogP contribution in [0.2, 0.25) is 0 Å². The number of ether oxygens (including phenoxy) is 1. The molecule has 0 aliphatic carbocycles. The Bertz CT molecular complexity index is 1760. The number of rotatable bonds is 6. The lowest BCUT2D eigenvalue weighted by Gasteiger charge is -2.24. The van der Waals surface area contributed by atoms with Crippen molar-refractivity contribution < 1.29 is 27.8 Å². The minimum atomic E-state index is -4.45. The lowest BCUT2D eigenvalue weighted by Crippen LogP contribution is -2.26. The highest BCUT2D eigenvalue weighted by molar-refractivity contribution is 5.92. The summed E-state index contributed by atoms with van der Waals surface area (Å²) >= 11 is 0. The molecule has 1 aliphatic rings. The molecule has 0 bridgehead atoms. The zero-order valence-electron chi connectivity index (χ0n) is 22.9. The Kier molecular flexibility index (Phi) is 7.25. The predicted molar refractivity (Wildman–Crippen MR) is 150 cm³/mol. The molecule has 0 radical (unpaired) electrons. The number of hydrogen-bond acceptors (Lipinski definition) is 5. The van der Waals surface area contributed by atoms with Gasteiger partial charge in [-0.15, -0.1) is 0 Å². The molecule has 10 heteroatoms. The Morgan fingerprint density at radius 1 is 1.10 bits per heavy atom. The van der Waals surface area contributed by atoms with Crippen LogP contribution >= 0.6 is 0 Å². The van der Waals surface area contributed by atoms with Gasteiger partial charge in [0, 0.05) is 31.2 Å². The van der Waals surface area contributed by atoms with E-state index in [1.54, 1.807) is 38.1 Å². The summed E-state index contributed by atoms with van der Waals surface area (Å²) in [5, 5.41) is 11.8. The number of esters is 1.